The number of amides is 1. The summed E-state index contributed by atoms with van der Waals surface area (Å²) >= 11 is 0. The van der Waals surface area contributed by atoms with E-state index in [1.165, 1.54) is 24.3 Å². The average Bonchev–Trinajstić information content (AvgIpc) is 2.70. The van der Waals surface area contributed by atoms with Crippen molar-refractivity contribution in [2.24, 2.45) is 0 Å². The summed E-state index contributed by atoms with van der Waals surface area (Å²) in [7, 11) is 0. The Bertz CT molecular complexity index is 935. The molecular weight excluding hydrogens is 404 g/mol. The third-order valence-electron chi connectivity index (χ3n) is 4.00. The summed E-state index contributed by atoms with van der Waals surface area (Å²) in [5, 5.41) is 13.2. The number of Topliss-reactive ketones (excluding diaryl/α,β-unsaturated/α-hetero) is 1. The fraction of sp³-hybridized carbons (Fsp3) is 0.318. The van der Waals surface area contributed by atoms with E-state index in [-0.39, 0.29) is 17.7 Å². The van der Waals surface area contributed by atoms with Gasteiger partial charge >= 0.3 is 12.1 Å². The minimum Gasteiger partial charge on any atom is -0.456 e. The fourth-order valence-corrected chi connectivity index (χ4v) is 2.58. The number of ether oxygens (including phenoxy) is 2. The molecule has 9 nitrogen and oxygen atoms in total. The summed E-state index contributed by atoms with van der Waals surface area (Å²) in [6, 6.07) is 12.9. The van der Waals surface area contributed by atoms with E-state index in [9.17, 15) is 24.5 Å². The van der Waals surface area contributed by atoms with E-state index in [0.717, 1.165) is 5.56 Å². The lowest BCUT2D eigenvalue weighted by Gasteiger charge is -2.23. The van der Waals surface area contributed by atoms with Gasteiger partial charge in [0.15, 0.2) is 12.4 Å². The van der Waals surface area contributed by atoms with Crippen molar-refractivity contribution in [3.8, 4) is 0 Å². The molecule has 0 saturated heterocycles. The lowest BCUT2D eigenvalue weighted by atomic mass is 10.1. The highest BCUT2D eigenvalue weighted by Gasteiger charge is 2.26. The topological polar surface area (TPSA) is 125 Å². The zero-order valence-electron chi connectivity index (χ0n) is 17.5. The minimum atomic E-state index is -1.07. The average molecular weight is 428 g/mol. The van der Waals surface area contributed by atoms with Gasteiger partial charge in [0.25, 0.3) is 5.69 Å². The van der Waals surface area contributed by atoms with Gasteiger partial charge in [-0.2, -0.15) is 0 Å². The molecule has 0 radical (unpaired) electrons. The number of carbonyl (C=O) groups excluding carboxylic acids is 3. The van der Waals surface area contributed by atoms with Crippen LogP contribution < -0.4 is 5.32 Å². The normalized spacial score (nSPS) is 11.8. The molecule has 9 heteroatoms. The Balaban J connectivity index is 2.04. The number of non-ortho nitro benzene ring substituents is 1. The third kappa shape index (κ3) is 7.88. The number of benzene rings is 2. The number of nitro groups is 1. The lowest BCUT2D eigenvalue weighted by molar-refractivity contribution is -0.384. The highest BCUT2D eigenvalue weighted by molar-refractivity contribution is 5.98. The van der Waals surface area contributed by atoms with Gasteiger partial charge in [-0.3, -0.25) is 14.9 Å². The fourth-order valence-electron chi connectivity index (χ4n) is 2.58. The molecule has 0 spiro atoms. The first kappa shape index (κ1) is 23.5. The van der Waals surface area contributed by atoms with Crippen molar-refractivity contribution in [2.75, 3.05) is 6.61 Å². The molecule has 2 rings (SSSR count). The highest BCUT2D eigenvalue weighted by atomic mass is 16.6. The Morgan fingerprint density at radius 2 is 1.65 bits per heavy atom. The summed E-state index contributed by atoms with van der Waals surface area (Å²) in [6.07, 6.45) is -0.642. The van der Waals surface area contributed by atoms with Gasteiger partial charge in [-0.05, 0) is 38.5 Å². The maximum atomic E-state index is 12.6. The van der Waals surface area contributed by atoms with Gasteiger partial charge < -0.3 is 14.8 Å². The summed E-state index contributed by atoms with van der Waals surface area (Å²) < 4.78 is 10.3. The van der Waals surface area contributed by atoms with Crippen LogP contribution in [-0.2, 0) is 20.7 Å². The first-order chi connectivity index (χ1) is 14.5. The molecular formula is C22H24N2O7. The molecule has 0 aliphatic heterocycles. The van der Waals surface area contributed by atoms with Crippen LogP contribution in [0.1, 0.15) is 36.7 Å². The summed E-state index contributed by atoms with van der Waals surface area (Å²) in [4.78, 5) is 47.1. The third-order valence-corrected chi connectivity index (χ3v) is 4.00. The van der Waals surface area contributed by atoms with E-state index in [4.69, 9.17) is 9.47 Å². The first-order valence-electron chi connectivity index (χ1n) is 9.53. The number of alkyl carbamates (subject to hydrolysis) is 1. The van der Waals surface area contributed by atoms with Gasteiger partial charge in [-0.25, -0.2) is 9.59 Å². The van der Waals surface area contributed by atoms with Gasteiger partial charge in [0, 0.05) is 24.1 Å². The van der Waals surface area contributed by atoms with Crippen molar-refractivity contribution in [3.05, 3.63) is 75.8 Å². The number of ketones is 1. The Hall–Kier alpha value is -3.75. The Morgan fingerprint density at radius 3 is 2.19 bits per heavy atom. The lowest BCUT2D eigenvalue weighted by Crippen LogP contribution is -2.45. The molecule has 0 aromatic heterocycles. The predicted octanol–water partition coefficient (Wildman–Crippen LogP) is 3.46. The molecule has 0 heterocycles. The maximum Gasteiger partial charge on any atom is 0.408 e. The van der Waals surface area contributed by atoms with Crippen molar-refractivity contribution < 1.29 is 28.8 Å². The number of hydrogen-bond donors (Lipinski definition) is 1. The van der Waals surface area contributed by atoms with Crippen molar-refractivity contribution in [3.63, 3.8) is 0 Å². The smallest absolute Gasteiger partial charge is 0.408 e. The summed E-state index contributed by atoms with van der Waals surface area (Å²) in [5.41, 5.74) is 0.0373. The number of rotatable bonds is 8. The predicted molar refractivity (Wildman–Crippen MR) is 112 cm³/mol. The van der Waals surface area contributed by atoms with Crippen molar-refractivity contribution in [1.29, 1.82) is 0 Å². The number of carbonyl (C=O) groups is 3. The second kappa shape index (κ2) is 10.3. The second-order valence-corrected chi connectivity index (χ2v) is 7.72. The highest BCUT2D eigenvalue weighted by Crippen LogP contribution is 2.13. The monoisotopic (exact) mass is 428 g/mol. The minimum absolute atomic E-state index is 0.143. The molecule has 0 aliphatic carbocycles. The molecule has 1 unspecified atom stereocenters. The molecule has 0 bridgehead atoms. The molecule has 2 aromatic rings. The number of nitro benzene ring substituents is 1. The van der Waals surface area contributed by atoms with Crippen molar-refractivity contribution in [2.45, 2.75) is 38.8 Å². The van der Waals surface area contributed by atoms with Crippen LogP contribution in [0.4, 0.5) is 10.5 Å². The number of hydrogen-bond acceptors (Lipinski definition) is 7. The van der Waals surface area contributed by atoms with Gasteiger partial charge in [0.05, 0.1) is 4.92 Å². The van der Waals surface area contributed by atoms with Crippen LogP contribution in [0.2, 0.25) is 0 Å². The van der Waals surface area contributed by atoms with Gasteiger partial charge in [0.1, 0.15) is 11.6 Å². The second-order valence-electron chi connectivity index (χ2n) is 7.72. The largest absolute Gasteiger partial charge is 0.456 e. The molecule has 164 valence electrons. The quantitative estimate of drug-likeness (QED) is 0.295. The number of esters is 1. The van der Waals surface area contributed by atoms with Crippen LogP contribution in [0, 0.1) is 10.1 Å². The molecule has 0 fully saturated rings. The van der Waals surface area contributed by atoms with E-state index >= 15 is 0 Å². The summed E-state index contributed by atoms with van der Waals surface area (Å²) in [5.74, 6) is -1.33. The van der Waals surface area contributed by atoms with Crippen molar-refractivity contribution in [1.82, 2.24) is 5.32 Å². The Morgan fingerprint density at radius 1 is 1.03 bits per heavy atom. The molecule has 2 aromatic carbocycles. The Kier molecular flexibility index (Phi) is 7.84. The van der Waals surface area contributed by atoms with E-state index in [0.29, 0.717) is 0 Å². The molecule has 0 saturated carbocycles. The summed E-state index contributed by atoms with van der Waals surface area (Å²) in [6.45, 7) is 4.51. The van der Waals surface area contributed by atoms with Gasteiger partial charge in [-0.15, -0.1) is 0 Å². The van der Waals surface area contributed by atoms with E-state index in [2.05, 4.69) is 5.32 Å². The SMILES string of the molecule is CC(C)(C)OC(=O)NC(Cc1ccccc1)C(=O)OCC(=O)c1ccc([N+](=O)[O-])cc1. The zero-order valence-corrected chi connectivity index (χ0v) is 17.5. The van der Waals surface area contributed by atoms with Gasteiger partial charge in [0.2, 0.25) is 0 Å². The maximum absolute atomic E-state index is 12.6. The van der Waals surface area contributed by atoms with Crippen LogP contribution in [0.5, 0.6) is 0 Å². The first-order valence-corrected chi connectivity index (χ1v) is 9.53. The molecule has 31 heavy (non-hydrogen) atoms. The molecule has 1 N–H and O–H groups in total. The van der Waals surface area contributed by atoms with Crippen LogP contribution in [0.25, 0.3) is 0 Å². The van der Waals surface area contributed by atoms with E-state index < -0.39 is 41.0 Å². The molecule has 1 amide bonds. The van der Waals surface area contributed by atoms with Crippen LogP contribution in [-0.4, -0.2) is 41.0 Å². The number of nitrogens with zero attached hydrogens (tertiary/aromatic N) is 1. The number of nitrogens with one attached hydrogen (secondary N) is 1. The van der Waals surface area contributed by atoms with Crippen molar-refractivity contribution >= 4 is 23.5 Å². The van der Waals surface area contributed by atoms with Crippen LogP contribution in [0.3, 0.4) is 0 Å². The molecule has 1 atom stereocenters. The van der Waals surface area contributed by atoms with E-state index in [1.807, 2.05) is 6.07 Å². The van der Waals surface area contributed by atoms with Gasteiger partial charge in [-0.1, -0.05) is 30.3 Å². The zero-order chi connectivity index (χ0) is 23.0. The molecule has 0 aliphatic rings. The van der Waals surface area contributed by atoms with Crippen LogP contribution >= 0.6 is 0 Å². The standard InChI is InChI=1S/C22H24N2O7/c1-22(2,3)31-21(27)23-18(13-15-7-5-4-6-8-15)20(26)30-14-19(25)16-9-11-17(12-10-16)24(28)29/h4-12,18H,13-14H2,1-3H3,(H,23,27). The van der Waals surface area contributed by atoms with E-state index in [1.54, 1.807) is 45.0 Å². The Labute approximate surface area is 179 Å². The van der Waals surface area contributed by atoms with Crippen LogP contribution in [0.15, 0.2) is 54.6 Å².